The average Bonchev–Trinajstić information content (AvgIpc) is 3.12. The molecule has 2 aliphatic heterocycles. The van der Waals surface area contributed by atoms with Gasteiger partial charge in [0.05, 0.1) is 5.41 Å². The summed E-state index contributed by atoms with van der Waals surface area (Å²) in [6, 6.07) is 20.5. The predicted octanol–water partition coefficient (Wildman–Crippen LogP) is 3.40. The van der Waals surface area contributed by atoms with Crippen LogP contribution in [0.15, 0.2) is 60.7 Å². The van der Waals surface area contributed by atoms with Crippen molar-refractivity contribution in [3.05, 3.63) is 71.8 Å². The van der Waals surface area contributed by atoms with E-state index in [0.29, 0.717) is 32.4 Å². The Labute approximate surface area is 201 Å². The first-order chi connectivity index (χ1) is 16.4. The largest absolute Gasteiger partial charge is 0.483 e. The number of hydrogen-bond acceptors (Lipinski definition) is 5. The quantitative estimate of drug-likeness (QED) is 0.519. The zero-order chi connectivity index (χ0) is 24.6. The van der Waals surface area contributed by atoms with E-state index in [2.05, 4.69) is 29.2 Å². The van der Waals surface area contributed by atoms with E-state index in [4.69, 9.17) is 14.6 Å². The van der Waals surface area contributed by atoms with Gasteiger partial charge in [-0.1, -0.05) is 60.7 Å². The van der Waals surface area contributed by atoms with E-state index >= 15 is 0 Å². The van der Waals surface area contributed by atoms with Gasteiger partial charge in [-0.25, -0.2) is 0 Å². The van der Waals surface area contributed by atoms with Gasteiger partial charge in [0.15, 0.2) is 0 Å². The molecular formula is C27H34N2O5. The Morgan fingerprint density at radius 2 is 1.59 bits per heavy atom. The van der Waals surface area contributed by atoms with Crippen LogP contribution >= 0.6 is 0 Å². The van der Waals surface area contributed by atoms with E-state index in [1.54, 1.807) is 0 Å². The van der Waals surface area contributed by atoms with Crippen molar-refractivity contribution in [3.63, 3.8) is 0 Å². The molecule has 7 nitrogen and oxygen atoms in total. The maximum absolute atomic E-state index is 13.3. The van der Waals surface area contributed by atoms with Gasteiger partial charge in [0, 0.05) is 38.4 Å². The number of likely N-dealkylation sites (tertiary alicyclic amines) is 1. The minimum absolute atomic E-state index is 0.0340. The Balaban J connectivity index is 0.00000103. The van der Waals surface area contributed by atoms with E-state index in [1.807, 2.05) is 55.4 Å². The number of benzene rings is 2. The van der Waals surface area contributed by atoms with Gasteiger partial charge in [-0.05, 0) is 38.1 Å². The Bertz CT molecular complexity index is 901. The summed E-state index contributed by atoms with van der Waals surface area (Å²) in [5, 5.41) is 6.89. The van der Waals surface area contributed by atoms with Crippen molar-refractivity contribution in [2.75, 3.05) is 33.7 Å². The van der Waals surface area contributed by atoms with Crippen molar-refractivity contribution in [2.24, 2.45) is 5.41 Å². The molecule has 2 aromatic rings. The highest BCUT2D eigenvalue weighted by Gasteiger charge is 2.50. The maximum atomic E-state index is 13.3. The number of rotatable bonds is 6. The van der Waals surface area contributed by atoms with Crippen molar-refractivity contribution in [1.29, 1.82) is 0 Å². The van der Waals surface area contributed by atoms with Crippen LogP contribution in [0.3, 0.4) is 0 Å². The number of carbonyl (C=O) groups is 3. The minimum Gasteiger partial charge on any atom is -0.483 e. The summed E-state index contributed by atoms with van der Waals surface area (Å²) < 4.78 is 5.66. The third kappa shape index (κ3) is 6.23. The standard InChI is InChI=1S/C26H32N2O3.CH2O2/c1-27(2)19-22-18-26(25(30)31-22)13-15-28(16-14-26)24(29)17-23(20-9-5-3-6-10-20)21-11-7-4-8-12-21;2-1-3/h3-12,22-23H,13-19H2,1-2H3;1H,(H,2,3). The number of likely N-dealkylation sites (N-methyl/N-ethyl adjacent to an activating group) is 1. The molecular weight excluding hydrogens is 432 g/mol. The molecule has 1 N–H and O–H groups in total. The summed E-state index contributed by atoms with van der Waals surface area (Å²) in [5.41, 5.74) is 1.90. The third-order valence-corrected chi connectivity index (χ3v) is 6.75. The highest BCUT2D eigenvalue weighted by Crippen LogP contribution is 2.43. The Morgan fingerprint density at radius 1 is 1.09 bits per heavy atom. The zero-order valence-corrected chi connectivity index (χ0v) is 19.9. The SMILES string of the molecule is CN(C)CC1CC2(CCN(C(=O)CC(c3ccccc3)c3ccccc3)CC2)C(=O)O1.O=CO. The topological polar surface area (TPSA) is 87.2 Å². The van der Waals surface area contributed by atoms with Gasteiger partial charge in [0.2, 0.25) is 5.91 Å². The molecule has 0 radical (unpaired) electrons. The van der Waals surface area contributed by atoms with Crippen LogP contribution in [0.1, 0.15) is 42.7 Å². The third-order valence-electron chi connectivity index (χ3n) is 6.75. The highest BCUT2D eigenvalue weighted by molar-refractivity contribution is 5.81. The molecule has 182 valence electrons. The maximum Gasteiger partial charge on any atom is 0.312 e. The number of cyclic esters (lactones) is 1. The molecule has 2 aromatic carbocycles. The summed E-state index contributed by atoms with van der Waals surface area (Å²) >= 11 is 0. The zero-order valence-electron chi connectivity index (χ0n) is 19.9. The summed E-state index contributed by atoms with van der Waals surface area (Å²) in [5.74, 6) is 0.119. The summed E-state index contributed by atoms with van der Waals surface area (Å²) in [6.07, 6.45) is 2.56. The molecule has 0 bridgehead atoms. The summed E-state index contributed by atoms with van der Waals surface area (Å²) in [4.78, 5) is 38.2. The van der Waals surface area contributed by atoms with E-state index in [0.717, 1.165) is 24.1 Å². The molecule has 1 unspecified atom stereocenters. The van der Waals surface area contributed by atoms with Crippen LogP contribution < -0.4 is 0 Å². The second-order valence-electron chi connectivity index (χ2n) is 9.34. The summed E-state index contributed by atoms with van der Waals surface area (Å²) in [6.45, 7) is 1.75. The molecule has 2 fully saturated rings. The lowest BCUT2D eigenvalue weighted by Gasteiger charge is -2.37. The number of esters is 1. The van der Waals surface area contributed by atoms with Crippen LogP contribution in [0.5, 0.6) is 0 Å². The van der Waals surface area contributed by atoms with Crippen LogP contribution in [0.2, 0.25) is 0 Å². The fourth-order valence-electron chi connectivity index (χ4n) is 5.04. The van der Waals surface area contributed by atoms with E-state index in [1.165, 1.54) is 0 Å². The van der Waals surface area contributed by atoms with Crippen LogP contribution in [-0.2, 0) is 19.1 Å². The normalized spacial score (nSPS) is 19.0. The van der Waals surface area contributed by atoms with E-state index in [-0.39, 0.29) is 30.4 Å². The van der Waals surface area contributed by atoms with Crippen LogP contribution in [-0.4, -0.2) is 73.1 Å². The van der Waals surface area contributed by atoms with Crippen LogP contribution in [0.25, 0.3) is 0 Å². The Kier molecular flexibility index (Phi) is 8.82. The molecule has 2 aliphatic rings. The molecule has 0 aliphatic carbocycles. The smallest absolute Gasteiger partial charge is 0.312 e. The lowest BCUT2D eigenvalue weighted by molar-refractivity contribution is -0.152. The van der Waals surface area contributed by atoms with Crippen molar-refractivity contribution in [2.45, 2.75) is 37.7 Å². The molecule has 0 saturated carbocycles. The van der Waals surface area contributed by atoms with Gasteiger partial charge in [-0.15, -0.1) is 0 Å². The molecule has 34 heavy (non-hydrogen) atoms. The average molecular weight is 467 g/mol. The molecule has 4 rings (SSSR count). The number of nitrogens with zero attached hydrogens (tertiary/aromatic N) is 2. The number of carbonyl (C=O) groups excluding carboxylic acids is 2. The number of carboxylic acid groups (broad SMARTS) is 1. The predicted molar refractivity (Wildman–Crippen MR) is 129 cm³/mol. The molecule has 2 saturated heterocycles. The van der Waals surface area contributed by atoms with Crippen molar-refractivity contribution >= 4 is 18.3 Å². The Morgan fingerprint density at radius 3 is 2.06 bits per heavy atom. The monoisotopic (exact) mass is 466 g/mol. The van der Waals surface area contributed by atoms with E-state index in [9.17, 15) is 9.59 Å². The van der Waals surface area contributed by atoms with Crippen LogP contribution in [0.4, 0.5) is 0 Å². The number of amides is 1. The molecule has 1 amide bonds. The second-order valence-corrected chi connectivity index (χ2v) is 9.34. The first kappa shape index (κ1) is 25.4. The van der Waals surface area contributed by atoms with Gasteiger partial charge in [-0.2, -0.15) is 0 Å². The molecule has 2 heterocycles. The van der Waals surface area contributed by atoms with E-state index < -0.39 is 5.41 Å². The van der Waals surface area contributed by atoms with Crippen molar-refractivity contribution in [3.8, 4) is 0 Å². The number of ether oxygens (including phenoxy) is 1. The Hall–Kier alpha value is -3.19. The first-order valence-corrected chi connectivity index (χ1v) is 11.7. The fraction of sp³-hybridized carbons (Fsp3) is 0.444. The molecule has 0 aromatic heterocycles. The van der Waals surface area contributed by atoms with Gasteiger partial charge < -0.3 is 19.6 Å². The number of hydrogen-bond donors (Lipinski definition) is 1. The van der Waals surface area contributed by atoms with Crippen molar-refractivity contribution < 1.29 is 24.2 Å². The summed E-state index contributed by atoms with van der Waals surface area (Å²) in [7, 11) is 3.99. The van der Waals surface area contributed by atoms with Gasteiger partial charge in [0.25, 0.3) is 6.47 Å². The van der Waals surface area contributed by atoms with Gasteiger partial charge in [0.1, 0.15) is 6.10 Å². The van der Waals surface area contributed by atoms with Gasteiger partial charge >= 0.3 is 5.97 Å². The fourth-order valence-corrected chi connectivity index (χ4v) is 5.04. The second kappa shape index (κ2) is 11.8. The van der Waals surface area contributed by atoms with Crippen molar-refractivity contribution in [1.82, 2.24) is 9.80 Å². The molecule has 1 atom stereocenters. The van der Waals surface area contributed by atoms with Gasteiger partial charge in [-0.3, -0.25) is 14.4 Å². The molecule has 1 spiro atoms. The minimum atomic E-state index is -0.407. The first-order valence-electron chi connectivity index (χ1n) is 11.7. The van der Waals surface area contributed by atoms with Crippen LogP contribution in [0, 0.1) is 5.41 Å². The highest BCUT2D eigenvalue weighted by atomic mass is 16.6. The molecule has 7 heteroatoms. The lowest BCUT2D eigenvalue weighted by atomic mass is 9.76. The lowest BCUT2D eigenvalue weighted by Crippen LogP contribution is -2.45. The number of piperidine rings is 1.